The van der Waals surface area contributed by atoms with E-state index in [4.69, 9.17) is 0 Å². The first kappa shape index (κ1) is 16.3. The van der Waals surface area contributed by atoms with Crippen molar-refractivity contribution in [3.05, 3.63) is 29.6 Å². The molecule has 0 amide bonds. The van der Waals surface area contributed by atoms with Crippen molar-refractivity contribution >= 4 is 16.0 Å². The molecule has 1 saturated heterocycles. The summed E-state index contributed by atoms with van der Waals surface area (Å²) in [6.07, 6.45) is 1.60. The number of rotatable bonds is 3. The van der Waals surface area contributed by atoms with Crippen LogP contribution in [0, 0.1) is 28.8 Å². The Morgan fingerprint density at radius 3 is 2.57 bits per heavy atom. The van der Waals surface area contributed by atoms with Crippen LogP contribution in [0.15, 0.2) is 17.0 Å². The van der Waals surface area contributed by atoms with E-state index in [1.807, 2.05) is 0 Å². The predicted molar refractivity (Wildman–Crippen MR) is 72.5 cm³/mol. The fourth-order valence-electron chi connectivity index (χ4n) is 3.62. The van der Waals surface area contributed by atoms with Gasteiger partial charge in [0, 0.05) is 13.1 Å². The molecule has 3 rings (SSSR count). The summed E-state index contributed by atoms with van der Waals surface area (Å²) in [4.78, 5) is 10.6. The number of carboxylic acid groups (broad SMARTS) is 1. The van der Waals surface area contributed by atoms with E-state index in [9.17, 15) is 31.5 Å². The Morgan fingerprint density at radius 1 is 1.26 bits per heavy atom. The van der Waals surface area contributed by atoms with Gasteiger partial charge in [-0.1, -0.05) is 6.42 Å². The third kappa shape index (κ3) is 2.25. The minimum absolute atomic E-state index is 0.0624. The molecule has 1 aromatic rings. The van der Waals surface area contributed by atoms with Crippen molar-refractivity contribution in [1.82, 2.24) is 4.31 Å². The average molecular weight is 349 g/mol. The van der Waals surface area contributed by atoms with Crippen LogP contribution in [-0.2, 0) is 14.8 Å². The van der Waals surface area contributed by atoms with Crippen LogP contribution in [0.5, 0.6) is 0 Å². The molecular weight excluding hydrogens is 335 g/mol. The number of benzene rings is 1. The molecule has 2 aliphatic rings. The number of carboxylic acids is 1. The zero-order valence-electron chi connectivity index (χ0n) is 11.9. The SMILES string of the molecule is O=C(O)[C@@]12CCC[C@H]1CN(S(=O)(=O)c1ccc(F)c(F)c1F)C2. The van der Waals surface area contributed by atoms with Gasteiger partial charge >= 0.3 is 5.97 Å². The van der Waals surface area contributed by atoms with Gasteiger partial charge in [0.2, 0.25) is 10.0 Å². The first-order chi connectivity index (χ1) is 10.7. The van der Waals surface area contributed by atoms with Crippen LogP contribution in [0.25, 0.3) is 0 Å². The lowest BCUT2D eigenvalue weighted by Gasteiger charge is -2.23. The molecule has 9 heteroatoms. The van der Waals surface area contributed by atoms with Gasteiger partial charge in [-0.25, -0.2) is 21.6 Å². The van der Waals surface area contributed by atoms with Gasteiger partial charge in [-0.15, -0.1) is 0 Å². The molecule has 0 radical (unpaired) electrons. The minimum atomic E-state index is -4.43. The Hall–Kier alpha value is -1.61. The van der Waals surface area contributed by atoms with Crippen molar-refractivity contribution in [2.45, 2.75) is 24.2 Å². The van der Waals surface area contributed by atoms with E-state index in [1.165, 1.54) is 0 Å². The van der Waals surface area contributed by atoms with E-state index in [0.717, 1.165) is 4.31 Å². The fourth-order valence-corrected chi connectivity index (χ4v) is 5.23. The van der Waals surface area contributed by atoms with E-state index < -0.39 is 43.8 Å². The molecule has 1 aromatic carbocycles. The fraction of sp³-hybridized carbons (Fsp3) is 0.500. The Balaban J connectivity index is 2.00. The van der Waals surface area contributed by atoms with Gasteiger partial charge in [-0.2, -0.15) is 4.31 Å². The Bertz CT molecular complexity index is 782. The zero-order chi connectivity index (χ0) is 17.0. The van der Waals surface area contributed by atoms with Crippen LogP contribution in [0.1, 0.15) is 19.3 Å². The van der Waals surface area contributed by atoms with Crippen molar-refractivity contribution < 1.29 is 31.5 Å². The van der Waals surface area contributed by atoms with Crippen molar-refractivity contribution in [1.29, 1.82) is 0 Å². The van der Waals surface area contributed by atoms with Gasteiger partial charge < -0.3 is 5.11 Å². The topological polar surface area (TPSA) is 74.7 Å². The summed E-state index contributed by atoms with van der Waals surface area (Å²) < 4.78 is 66.0. The van der Waals surface area contributed by atoms with Crippen LogP contribution >= 0.6 is 0 Å². The van der Waals surface area contributed by atoms with Gasteiger partial charge in [-0.05, 0) is 30.9 Å². The van der Waals surface area contributed by atoms with Gasteiger partial charge in [0.1, 0.15) is 4.90 Å². The molecule has 126 valence electrons. The smallest absolute Gasteiger partial charge is 0.311 e. The lowest BCUT2D eigenvalue weighted by molar-refractivity contribution is -0.149. The summed E-state index contributed by atoms with van der Waals surface area (Å²) in [6.45, 7) is -0.346. The highest BCUT2D eigenvalue weighted by molar-refractivity contribution is 7.89. The molecule has 0 aromatic heterocycles. The van der Waals surface area contributed by atoms with Crippen molar-refractivity contribution in [2.75, 3.05) is 13.1 Å². The van der Waals surface area contributed by atoms with E-state index in [-0.39, 0.29) is 19.0 Å². The summed E-state index contributed by atoms with van der Waals surface area (Å²) >= 11 is 0. The highest BCUT2D eigenvalue weighted by Crippen LogP contribution is 2.50. The number of nitrogens with zero attached hydrogens (tertiary/aromatic N) is 1. The third-order valence-corrected chi connectivity index (χ3v) is 6.71. The second-order valence-electron chi connectivity index (χ2n) is 6.02. The molecular formula is C14H14F3NO4S. The molecule has 1 aliphatic heterocycles. The molecule has 1 heterocycles. The third-order valence-electron chi connectivity index (χ3n) is 4.88. The number of sulfonamides is 1. The number of fused-ring (bicyclic) bond motifs is 1. The zero-order valence-corrected chi connectivity index (χ0v) is 12.7. The van der Waals surface area contributed by atoms with Gasteiger partial charge in [0.15, 0.2) is 17.5 Å². The van der Waals surface area contributed by atoms with Gasteiger partial charge in [-0.3, -0.25) is 4.79 Å². The number of hydrogen-bond acceptors (Lipinski definition) is 3. The maximum Gasteiger partial charge on any atom is 0.311 e. The largest absolute Gasteiger partial charge is 0.481 e. The molecule has 0 unspecified atom stereocenters. The lowest BCUT2D eigenvalue weighted by atomic mass is 9.81. The molecule has 1 saturated carbocycles. The second-order valence-corrected chi connectivity index (χ2v) is 7.93. The van der Waals surface area contributed by atoms with Crippen LogP contribution in [0.2, 0.25) is 0 Å². The van der Waals surface area contributed by atoms with E-state index in [0.29, 0.717) is 31.4 Å². The monoisotopic (exact) mass is 349 g/mol. The quantitative estimate of drug-likeness (QED) is 0.847. The van der Waals surface area contributed by atoms with E-state index in [2.05, 4.69) is 0 Å². The molecule has 0 spiro atoms. The molecule has 2 fully saturated rings. The molecule has 2 atom stereocenters. The van der Waals surface area contributed by atoms with Crippen LogP contribution in [0.3, 0.4) is 0 Å². The van der Waals surface area contributed by atoms with Crippen LogP contribution < -0.4 is 0 Å². The minimum Gasteiger partial charge on any atom is -0.481 e. The highest BCUT2D eigenvalue weighted by Gasteiger charge is 2.57. The summed E-state index contributed by atoms with van der Waals surface area (Å²) in [6, 6.07) is 1.19. The summed E-state index contributed by atoms with van der Waals surface area (Å²) in [5.74, 6) is -6.57. The maximum atomic E-state index is 13.8. The Kier molecular flexibility index (Phi) is 3.68. The van der Waals surface area contributed by atoms with Crippen LogP contribution in [-0.4, -0.2) is 36.9 Å². The second kappa shape index (κ2) is 5.20. The Morgan fingerprint density at radius 2 is 1.96 bits per heavy atom. The van der Waals surface area contributed by atoms with Crippen molar-refractivity contribution in [3.8, 4) is 0 Å². The molecule has 1 N–H and O–H groups in total. The number of carbonyl (C=O) groups is 1. The lowest BCUT2D eigenvalue weighted by Crippen LogP contribution is -2.37. The van der Waals surface area contributed by atoms with Crippen molar-refractivity contribution in [2.24, 2.45) is 11.3 Å². The standard InChI is InChI=1S/C14H14F3NO4S/c15-9-3-4-10(12(17)11(9)16)23(21,22)18-6-8-2-1-5-14(8,7-18)13(19)20/h3-4,8H,1-2,5-7H2,(H,19,20)/t8-,14+/m0/s1. The normalized spacial score (nSPS) is 28.0. The first-order valence-corrected chi connectivity index (χ1v) is 8.51. The number of hydrogen-bond donors (Lipinski definition) is 1. The predicted octanol–water partition coefficient (Wildman–Crippen LogP) is 1.98. The van der Waals surface area contributed by atoms with Gasteiger partial charge in [0.25, 0.3) is 0 Å². The number of halogens is 3. The summed E-state index contributed by atoms with van der Waals surface area (Å²) in [5.41, 5.74) is -1.18. The molecule has 23 heavy (non-hydrogen) atoms. The average Bonchev–Trinajstić information content (AvgIpc) is 3.02. The summed E-state index contributed by atoms with van der Waals surface area (Å²) in [5, 5.41) is 9.46. The highest BCUT2D eigenvalue weighted by atomic mass is 32.2. The first-order valence-electron chi connectivity index (χ1n) is 7.07. The molecule has 0 bridgehead atoms. The maximum absolute atomic E-state index is 13.8. The molecule has 5 nitrogen and oxygen atoms in total. The van der Waals surface area contributed by atoms with E-state index >= 15 is 0 Å². The van der Waals surface area contributed by atoms with E-state index in [1.54, 1.807) is 0 Å². The summed E-state index contributed by atoms with van der Waals surface area (Å²) in [7, 11) is -4.43. The van der Waals surface area contributed by atoms with Gasteiger partial charge in [0.05, 0.1) is 5.41 Å². The number of aliphatic carboxylic acids is 1. The Labute approximate surface area is 130 Å². The van der Waals surface area contributed by atoms with Crippen molar-refractivity contribution in [3.63, 3.8) is 0 Å². The molecule has 1 aliphatic carbocycles. The van der Waals surface area contributed by atoms with Crippen LogP contribution in [0.4, 0.5) is 13.2 Å².